The minimum atomic E-state index is -0.458. The van der Waals surface area contributed by atoms with E-state index >= 15 is 0 Å². The Labute approximate surface area is 140 Å². The zero-order chi connectivity index (χ0) is 16.9. The molecule has 0 heterocycles. The van der Waals surface area contributed by atoms with E-state index in [1.165, 1.54) is 44.9 Å². The second kappa shape index (κ2) is 7.85. The molecular formula is C20H31NO2. The Balaban J connectivity index is 2.02. The molecule has 0 spiro atoms. The molecule has 0 unspecified atom stereocenters. The van der Waals surface area contributed by atoms with Gasteiger partial charge in [0.15, 0.2) is 0 Å². The van der Waals surface area contributed by atoms with E-state index in [2.05, 4.69) is 12.2 Å². The van der Waals surface area contributed by atoms with Crippen molar-refractivity contribution in [2.45, 2.75) is 84.3 Å². The van der Waals surface area contributed by atoms with Crippen LogP contribution >= 0.6 is 0 Å². The van der Waals surface area contributed by atoms with Gasteiger partial charge in [-0.05, 0) is 64.3 Å². The Hall–Kier alpha value is -1.51. The minimum absolute atomic E-state index is 0.252. The number of carbonyl (C=O) groups is 1. The normalized spacial score (nSPS) is 17.2. The zero-order valence-corrected chi connectivity index (χ0v) is 15.1. The first-order valence-electron chi connectivity index (χ1n) is 8.96. The molecule has 0 bridgehead atoms. The SMILES string of the molecule is Cc1cc(C(=O)OC(C)(C)C)ccc1NC1CCCCCCC1. The number of anilines is 1. The number of carbonyl (C=O) groups excluding carboxylic acids is 1. The van der Waals surface area contributed by atoms with E-state index in [1.54, 1.807) is 0 Å². The smallest absolute Gasteiger partial charge is 0.338 e. The summed E-state index contributed by atoms with van der Waals surface area (Å²) in [5, 5.41) is 3.68. The number of hydrogen-bond acceptors (Lipinski definition) is 3. The molecule has 2 rings (SSSR count). The lowest BCUT2D eigenvalue weighted by Gasteiger charge is -2.24. The van der Waals surface area contributed by atoms with Crippen LogP contribution in [-0.4, -0.2) is 17.6 Å². The Kier molecular flexibility index (Phi) is 6.09. The highest BCUT2D eigenvalue weighted by Crippen LogP contribution is 2.24. The van der Waals surface area contributed by atoms with Gasteiger partial charge in [-0.1, -0.05) is 32.1 Å². The summed E-state index contributed by atoms with van der Waals surface area (Å²) in [6.45, 7) is 7.73. The number of nitrogens with one attached hydrogen (secondary N) is 1. The first kappa shape index (κ1) is 17.8. The molecule has 1 N–H and O–H groups in total. The molecule has 0 aromatic heterocycles. The Morgan fingerprint density at radius 2 is 1.70 bits per heavy atom. The fourth-order valence-corrected chi connectivity index (χ4v) is 3.11. The molecule has 0 radical (unpaired) electrons. The second-order valence-electron chi connectivity index (χ2n) is 7.72. The first-order chi connectivity index (χ1) is 10.8. The Morgan fingerprint density at radius 1 is 1.09 bits per heavy atom. The maximum atomic E-state index is 12.2. The van der Waals surface area contributed by atoms with Gasteiger partial charge >= 0.3 is 5.97 Å². The summed E-state index contributed by atoms with van der Waals surface area (Å²) in [4.78, 5) is 12.2. The van der Waals surface area contributed by atoms with Crippen molar-refractivity contribution >= 4 is 11.7 Å². The fourth-order valence-electron chi connectivity index (χ4n) is 3.11. The second-order valence-corrected chi connectivity index (χ2v) is 7.72. The lowest BCUT2D eigenvalue weighted by Crippen LogP contribution is -2.24. The number of benzene rings is 1. The summed E-state index contributed by atoms with van der Waals surface area (Å²) in [6, 6.07) is 6.38. The van der Waals surface area contributed by atoms with Gasteiger partial charge in [0.1, 0.15) is 5.60 Å². The van der Waals surface area contributed by atoms with Crippen LogP contribution in [0.5, 0.6) is 0 Å². The molecule has 0 aliphatic heterocycles. The highest BCUT2D eigenvalue weighted by Gasteiger charge is 2.19. The van der Waals surface area contributed by atoms with Gasteiger partial charge in [0.05, 0.1) is 5.56 Å². The molecule has 1 aromatic carbocycles. The third kappa shape index (κ3) is 5.89. The van der Waals surface area contributed by atoms with Crippen LogP contribution in [0, 0.1) is 6.92 Å². The summed E-state index contributed by atoms with van der Waals surface area (Å²) in [5.74, 6) is -0.252. The Bertz CT molecular complexity index is 523. The molecule has 0 saturated heterocycles. The average Bonchev–Trinajstić information content (AvgIpc) is 2.41. The number of ether oxygens (including phenoxy) is 1. The van der Waals surface area contributed by atoms with Crippen LogP contribution in [0.3, 0.4) is 0 Å². The van der Waals surface area contributed by atoms with Crippen LogP contribution in [0.1, 0.15) is 81.6 Å². The lowest BCUT2D eigenvalue weighted by atomic mass is 9.96. The molecule has 23 heavy (non-hydrogen) atoms. The van der Waals surface area contributed by atoms with Gasteiger partial charge in [-0.3, -0.25) is 0 Å². The quantitative estimate of drug-likeness (QED) is 0.751. The van der Waals surface area contributed by atoms with Crippen molar-refractivity contribution in [1.29, 1.82) is 0 Å². The minimum Gasteiger partial charge on any atom is -0.456 e. The molecule has 128 valence electrons. The van der Waals surface area contributed by atoms with Crippen LogP contribution in [-0.2, 0) is 4.74 Å². The summed E-state index contributed by atoms with van der Waals surface area (Å²) in [7, 11) is 0. The number of rotatable bonds is 3. The monoisotopic (exact) mass is 317 g/mol. The number of aryl methyl sites for hydroxylation is 1. The largest absolute Gasteiger partial charge is 0.456 e. The van der Waals surface area contributed by atoms with Gasteiger partial charge in [-0.25, -0.2) is 4.79 Å². The molecule has 1 aliphatic rings. The molecular weight excluding hydrogens is 286 g/mol. The van der Waals surface area contributed by atoms with Gasteiger partial charge in [0.2, 0.25) is 0 Å². The molecule has 3 nitrogen and oxygen atoms in total. The van der Waals surface area contributed by atoms with Crippen molar-refractivity contribution in [3.63, 3.8) is 0 Å². The highest BCUT2D eigenvalue weighted by atomic mass is 16.6. The van der Waals surface area contributed by atoms with E-state index in [9.17, 15) is 4.79 Å². The average molecular weight is 317 g/mol. The van der Waals surface area contributed by atoms with E-state index in [0.29, 0.717) is 11.6 Å². The van der Waals surface area contributed by atoms with E-state index < -0.39 is 5.60 Å². The molecule has 0 amide bonds. The van der Waals surface area contributed by atoms with Gasteiger partial charge in [-0.15, -0.1) is 0 Å². The molecule has 1 aliphatic carbocycles. The molecule has 0 atom stereocenters. The lowest BCUT2D eigenvalue weighted by molar-refractivity contribution is 0.00695. The van der Waals surface area contributed by atoms with Crippen molar-refractivity contribution in [3.8, 4) is 0 Å². The van der Waals surface area contributed by atoms with Crippen LogP contribution in [0.15, 0.2) is 18.2 Å². The van der Waals surface area contributed by atoms with Crippen molar-refractivity contribution in [3.05, 3.63) is 29.3 Å². The van der Waals surface area contributed by atoms with Gasteiger partial charge in [0, 0.05) is 11.7 Å². The third-order valence-corrected chi connectivity index (χ3v) is 4.33. The first-order valence-corrected chi connectivity index (χ1v) is 8.96. The predicted molar refractivity (Wildman–Crippen MR) is 96.1 cm³/mol. The van der Waals surface area contributed by atoms with E-state index in [4.69, 9.17) is 4.74 Å². The zero-order valence-electron chi connectivity index (χ0n) is 15.1. The van der Waals surface area contributed by atoms with E-state index in [0.717, 1.165) is 11.3 Å². The van der Waals surface area contributed by atoms with Crippen molar-refractivity contribution < 1.29 is 9.53 Å². The Morgan fingerprint density at radius 3 is 2.26 bits per heavy atom. The fraction of sp³-hybridized carbons (Fsp3) is 0.650. The molecule has 3 heteroatoms. The predicted octanol–water partition coefficient (Wildman–Crippen LogP) is 5.48. The highest BCUT2D eigenvalue weighted by molar-refractivity contribution is 5.90. The number of esters is 1. The van der Waals surface area contributed by atoms with Crippen molar-refractivity contribution in [2.24, 2.45) is 0 Å². The van der Waals surface area contributed by atoms with Crippen LogP contribution in [0.4, 0.5) is 5.69 Å². The van der Waals surface area contributed by atoms with Crippen LogP contribution < -0.4 is 5.32 Å². The van der Waals surface area contributed by atoms with Crippen LogP contribution in [0.2, 0.25) is 0 Å². The maximum Gasteiger partial charge on any atom is 0.338 e. The number of hydrogen-bond donors (Lipinski definition) is 1. The summed E-state index contributed by atoms with van der Waals surface area (Å²) in [5.41, 5.74) is 2.42. The topological polar surface area (TPSA) is 38.3 Å². The summed E-state index contributed by atoms with van der Waals surface area (Å²) < 4.78 is 5.44. The van der Waals surface area contributed by atoms with Crippen molar-refractivity contribution in [2.75, 3.05) is 5.32 Å². The summed E-state index contributed by atoms with van der Waals surface area (Å²) >= 11 is 0. The molecule has 1 fully saturated rings. The van der Waals surface area contributed by atoms with E-state index in [1.807, 2.05) is 39.0 Å². The van der Waals surface area contributed by atoms with Crippen molar-refractivity contribution in [1.82, 2.24) is 0 Å². The standard InChI is InChI=1S/C20H31NO2/c1-15-14-16(19(22)23-20(2,3)4)12-13-18(15)21-17-10-8-6-5-7-9-11-17/h12-14,17,21H,5-11H2,1-4H3. The van der Waals surface area contributed by atoms with Gasteiger partial charge in [0.25, 0.3) is 0 Å². The summed E-state index contributed by atoms with van der Waals surface area (Å²) in [6.07, 6.45) is 9.21. The molecule has 1 saturated carbocycles. The molecule has 1 aromatic rings. The van der Waals surface area contributed by atoms with Gasteiger partial charge < -0.3 is 10.1 Å². The maximum absolute atomic E-state index is 12.2. The van der Waals surface area contributed by atoms with Gasteiger partial charge in [-0.2, -0.15) is 0 Å². The third-order valence-electron chi connectivity index (χ3n) is 4.33. The van der Waals surface area contributed by atoms with E-state index in [-0.39, 0.29) is 5.97 Å². The van der Waals surface area contributed by atoms with Crippen LogP contribution in [0.25, 0.3) is 0 Å².